The third-order valence-electron chi connectivity index (χ3n) is 3.87. The minimum atomic E-state index is -2.83. The van der Waals surface area contributed by atoms with Gasteiger partial charge in [0, 0.05) is 5.75 Å². The Kier molecular flexibility index (Phi) is 6.56. The van der Waals surface area contributed by atoms with E-state index >= 15 is 0 Å². The Morgan fingerprint density at radius 2 is 2.00 bits per heavy atom. The molecule has 0 saturated carbocycles. The van der Waals surface area contributed by atoms with Crippen LogP contribution in [0.2, 0.25) is 0 Å². The molecule has 1 aliphatic rings. The van der Waals surface area contributed by atoms with Crippen LogP contribution < -0.4 is 5.73 Å². The van der Waals surface area contributed by atoms with Crippen molar-refractivity contribution in [2.75, 3.05) is 37.4 Å². The Hall–Kier alpha value is 0.150. The van der Waals surface area contributed by atoms with E-state index in [9.17, 15) is 8.42 Å². The molecule has 1 saturated heterocycles. The second-order valence-corrected chi connectivity index (χ2v) is 9.10. The van der Waals surface area contributed by atoms with Crippen molar-refractivity contribution in [3.05, 3.63) is 0 Å². The van der Waals surface area contributed by atoms with E-state index in [1.54, 1.807) is 18.7 Å². The highest BCUT2D eigenvalue weighted by molar-refractivity contribution is 8.02. The van der Waals surface area contributed by atoms with E-state index in [0.717, 1.165) is 38.9 Å². The molecule has 0 bridgehead atoms. The summed E-state index contributed by atoms with van der Waals surface area (Å²) in [4.78, 5) is 2.92. The number of thiocarbonyl (C=S) groups is 1. The summed E-state index contributed by atoms with van der Waals surface area (Å²) >= 11 is 6.92. The molecular weight excluding hydrogens is 300 g/mol. The van der Waals surface area contributed by atoms with E-state index < -0.39 is 9.84 Å². The van der Waals surface area contributed by atoms with Gasteiger partial charge in [-0.1, -0.05) is 19.1 Å². The second-order valence-electron chi connectivity index (χ2n) is 4.99. The van der Waals surface area contributed by atoms with Gasteiger partial charge >= 0.3 is 0 Å². The van der Waals surface area contributed by atoms with Gasteiger partial charge in [-0.2, -0.15) is 11.8 Å². The Morgan fingerprint density at radius 3 is 2.42 bits per heavy atom. The number of rotatable bonds is 7. The highest BCUT2D eigenvalue weighted by atomic mass is 32.2. The molecule has 1 heterocycles. The molecule has 0 atom stereocenters. The second kappa shape index (κ2) is 7.24. The van der Waals surface area contributed by atoms with Gasteiger partial charge in [0.05, 0.1) is 15.5 Å². The number of piperidine rings is 1. The summed E-state index contributed by atoms with van der Waals surface area (Å²) in [5, 5.41) is 0. The van der Waals surface area contributed by atoms with Gasteiger partial charge in [0.15, 0.2) is 0 Å². The van der Waals surface area contributed by atoms with E-state index in [0.29, 0.717) is 10.7 Å². The Balaban J connectivity index is 2.37. The van der Waals surface area contributed by atoms with Crippen molar-refractivity contribution in [3.8, 4) is 0 Å². The molecule has 2 N–H and O–H groups in total. The first-order valence-corrected chi connectivity index (χ1v) is 10.1. The average molecular weight is 325 g/mol. The number of nitrogens with two attached hydrogens (primary N) is 1. The maximum absolute atomic E-state index is 11.4. The molecular formula is C12H24N2O2S3. The van der Waals surface area contributed by atoms with Gasteiger partial charge in [-0.05, 0) is 45.2 Å². The van der Waals surface area contributed by atoms with Gasteiger partial charge < -0.3 is 10.6 Å². The third-order valence-corrected chi connectivity index (χ3v) is 7.59. The molecule has 0 aromatic rings. The largest absolute Gasteiger partial charge is 0.392 e. The van der Waals surface area contributed by atoms with Gasteiger partial charge in [0.1, 0.15) is 9.84 Å². The van der Waals surface area contributed by atoms with Crippen LogP contribution in [0.3, 0.4) is 0 Å². The monoisotopic (exact) mass is 324 g/mol. The van der Waals surface area contributed by atoms with Crippen LogP contribution in [0.1, 0.15) is 26.2 Å². The van der Waals surface area contributed by atoms with Gasteiger partial charge in [-0.3, -0.25) is 0 Å². The highest BCUT2D eigenvalue weighted by Crippen LogP contribution is 2.34. The molecule has 0 spiro atoms. The first-order chi connectivity index (χ1) is 8.85. The third kappa shape index (κ3) is 4.88. The molecule has 0 unspecified atom stereocenters. The summed E-state index contributed by atoms with van der Waals surface area (Å²) in [6.45, 7) is 4.45. The smallest absolute Gasteiger partial charge is 0.150 e. The summed E-state index contributed by atoms with van der Waals surface area (Å²) in [7, 11) is -2.83. The molecule has 1 rings (SSSR count). The predicted molar refractivity (Wildman–Crippen MR) is 87.7 cm³/mol. The van der Waals surface area contributed by atoms with Crippen molar-refractivity contribution < 1.29 is 8.42 Å². The lowest BCUT2D eigenvalue weighted by atomic mass is 9.95. The van der Waals surface area contributed by atoms with Crippen LogP contribution in [0, 0.1) is 0 Å². The van der Waals surface area contributed by atoms with Crippen LogP contribution in [0.25, 0.3) is 0 Å². The molecule has 0 aromatic carbocycles. The lowest BCUT2D eigenvalue weighted by Gasteiger charge is -2.40. The van der Waals surface area contributed by atoms with Crippen molar-refractivity contribution in [2.45, 2.75) is 30.9 Å². The minimum Gasteiger partial charge on any atom is -0.392 e. The van der Waals surface area contributed by atoms with E-state index in [2.05, 4.69) is 11.2 Å². The van der Waals surface area contributed by atoms with Crippen LogP contribution >= 0.6 is 24.0 Å². The van der Waals surface area contributed by atoms with E-state index in [1.807, 2.05) is 0 Å². The molecule has 7 heteroatoms. The quantitative estimate of drug-likeness (QED) is 0.712. The van der Waals surface area contributed by atoms with Crippen LogP contribution in [-0.2, 0) is 9.84 Å². The highest BCUT2D eigenvalue weighted by Gasteiger charge is 2.36. The first kappa shape index (κ1) is 17.2. The van der Waals surface area contributed by atoms with Crippen LogP contribution in [0.5, 0.6) is 0 Å². The van der Waals surface area contributed by atoms with Crippen LogP contribution in [-0.4, -0.2) is 60.4 Å². The van der Waals surface area contributed by atoms with Crippen molar-refractivity contribution in [1.82, 2.24) is 4.90 Å². The fraction of sp³-hybridized carbons (Fsp3) is 0.917. The fourth-order valence-electron chi connectivity index (χ4n) is 2.34. The summed E-state index contributed by atoms with van der Waals surface area (Å²) in [6.07, 6.45) is 4.70. The molecule has 0 aliphatic carbocycles. The number of thioether (sulfide) groups is 1. The zero-order valence-corrected chi connectivity index (χ0v) is 14.2. The van der Waals surface area contributed by atoms with Crippen molar-refractivity contribution >= 4 is 38.8 Å². The Morgan fingerprint density at radius 1 is 1.42 bits per heavy atom. The van der Waals surface area contributed by atoms with Crippen molar-refractivity contribution in [3.63, 3.8) is 0 Å². The molecule has 19 heavy (non-hydrogen) atoms. The minimum absolute atomic E-state index is 0.0542. The fourth-order valence-corrected chi connectivity index (χ4v) is 4.45. The van der Waals surface area contributed by atoms with Gasteiger partial charge in [0.2, 0.25) is 0 Å². The lowest BCUT2D eigenvalue weighted by Crippen LogP contribution is -2.49. The number of sulfone groups is 1. The number of hydrogen-bond donors (Lipinski definition) is 1. The van der Waals surface area contributed by atoms with Crippen LogP contribution in [0.4, 0.5) is 0 Å². The van der Waals surface area contributed by atoms with Gasteiger partial charge in [-0.25, -0.2) is 8.42 Å². The Labute approximate surface area is 126 Å². The zero-order chi connectivity index (χ0) is 14.5. The maximum Gasteiger partial charge on any atom is 0.150 e. The van der Waals surface area contributed by atoms with E-state index in [4.69, 9.17) is 18.0 Å². The van der Waals surface area contributed by atoms with E-state index in [1.165, 1.54) is 0 Å². The summed E-state index contributed by atoms with van der Waals surface area (Å²) < 4.78 is 22.8. The zero-order valence-electron chi connectivity index (χ0n) is 11.7. The average Bonchev–Trinajstić information content (AvgIpc) is 2.39. The molecule has 4 nitrogen and oxygen atoms in total. The summed E-state index contributed by atoms with van der Waals surface area (Å²) in [6, 6.07) is 0. The predicted octanol–water partition coefficient (Wildman–Crippen LogP) is 1.29. The van der Waals surface area contributed by atoms with Crippen molar-refractivity contribution in [2.24, 2.45) is 5.73 Å². The van der Waals surface area contributed by atoms with Gasteiger partial charge in [-0.15, -0.1) is 0 Å². The van der Waals surface area contributed by atoms with Gasteiger partial charge in [0.25, 0.3) is 0 Å². The normalized spacial score (nSPS) is 20.3. The Bertz CT molecular complexity index is 401. The van der Waals surface area contributed by atoms with Crippen molar-refractivity contribution in [1.29, 1.82) is 0 Å². The lowest BCUT2D eigenvalue weighted by molar-refractivity contribution is 0.221. The molecule has 0 radical (unpaired) electrons. The maximum atomic E-state index is 11.4. The summed E-state index contributed by atoms with van der Waals surface area (Å²) in [5.74, 6) is 0.535. The molecule has 1 aliphatic heterocycles. The van der Waals surface area contributed by atoms with E-state index in [-0.39, 0.29) is 10.5 Å². The SMILES string of the molecule is CCS(=O)(=O)CCCN1CCC(SC)(C(N)=S)CC1. The molecule has 0 amide bonds. The van der Waals surface area contributed by atoms with Crippen LogP contribution in [0.15, 0.2) is 0 Å². The topological polar surface area (TPSA) is 63.4 Å². The summed E-state index contributed by atoms with van der Waals surface area (Å²) in [5.41, 5.74) is 5.85. The first-order valence-electron chi connectivity index (χ1n) is 6.63. The molecule has 112 valence electrons. The standard InChI is InChI=1S/C12H24N2O2S3/c1-3-19(15,16)10-4-7-14-8-5-12(18-2,6-9-14)11(13)17/h3-10H2,1-2H3,(H2,13,17). The number of likely N-dealkylation sites (tertiary alicyclic amines) is 1. The molecule has 0 aromatic heterocycles. The number of hydrogen-bond acceptors (Lipinski definition) is 5. The molecule has 1 fully saturated rings. The number of nitrogens with zero attached hydrogens (tertiary/aromatic N) is 1.